The van der Waals surface area contributed by atoms with Crippen LogP contribution in [0, 0.1) is 13.8 Å². The first-order chi connectivity index (χ1) is 14.3. The highest BCUT2D eigenvalue weighted by Crippen LogP contribution is 2.19. The molecular weight excluding hydrogens is 418 g/mol. The molecule has 0 aliphatic rings. The van der Waals surface area contributed by atoms with Gasteiger partial charge in [0.15, 0.2) is 5.11 Å². The first kappa shape index (κ1) is 21.5. The number of hydrogen-bond acceptors (Lipinski definition) is 3. The van der Waals surface area contributed by atoms with Crippen LogP contribution in [0.3, 0.4) is 0 Å². The van der Waals surface area contributed by atoms with Crippen LogP contribution in [0.2, 0.25) is 5.02 Å². The second-order valence-corrected chi connectivity index (χ2v) is 7.56. The Bertz CT molecular complexity index is 1110. The molecule has 0 spiro atoms. The van der Waals surface area contributed by atoms with Gasteiger partial charge in [-0.25, -0.2) is 0 Å². The summed E-state index contributed by atoms with van der Waals surface area (Å²) >= 11 is 11.1. The molecule has 0 aliphatic heterocycles. The SMILES string of the molecule is Cc1ccc(NC(=O)c2ccccc2NC(=S)NC(=O)c2ccc(Cl)cc2)cc1C. The van der Waals surface area contributed by atoms with Crippen molar-refractivity contribution in [3.8, 4) is 0 Å². The van der Waals surface area contributed by atoms with Crippen LogP contribution in [-0.4, -0.2) is 16.9 Å². The first-order valence-corrected chi connectivity index (χ1v) is 9.97. The van der Waals surface area contributed by atoms with Gasteiger partial charge >= 0.3 is 0 Å². The molecule has 2 amide bonds. The van der Waals surface area contributed by atoms with Crippen molar-refractivity contribution < 1.29 is 9.59 Å². The van der Waals surface area contributed by atoms with Crippen molar-refractivity contribution in [3.05, 3.63) is 94.0 Å². The van der Waals surface area contributed by atoms with Crippen molar-refractivity contribution in [1.29, 1.82) is 0 Å². The molecule has 0 aliphatic carbocycles. The number of carbonyl (C=O) groups is 2. The first-order valence-electron chi connectivity index (χ1n) is 9.19. The number of anilines is 2. The van der Waals surface area contributed by atoms with Crippen LogP contribution in [-0.2, 0) is 0 Å². The fraction of sp³-hybridized carbons (Fsp3) is 0.0870. The minimum absolute atomic E-state index is 0.0846. The molecule has 30 heavy (non-hydrogen) atoms. The minimum atomic E-state index is -0.374. The summed E-state index contributed by atoms with van der Waals surface area (Å²) in [6, 6.07) is 19.1. The topological polar surface area (TPSA) is 70.2 Å². The van der Waals surface area contributed by atoms with E-state index in [0.29, 0.717) is 27.5 Å². The summed E-state index contributed by atoms with van der Waals surface area (Å²) in [5, 5.41) is 9.03. The van der Waals surface area contributed by atoms with Gasteiger partial charge in [-0.1, -0.05) is 29.8 Å². The number of thiocarbonyl (C=S) groups is 1. The molecule has 3 N–H and O–H groups in total. The Balaban J connectivity index is 1.70. The molecule has 152 valence electrons. The van der Waals surface area contributed by atoms with Gasteiger partial charge in [0.1, 0.15) is 0 Å². The number of halogens is 1. The second kappa shape index (κ2) is 9.52. The van der Waals surface area contributed by atoms with E-state index < -0.39 is 0 Å². The Kier molecular flexibility index (Phi) is 6.82. The van der Waals surface area contributed by atoms with E-state index >= 15 is 0 Å². The molecule has 0 unspecified atom stereocenters. The standard InChI is InChI=1S/C23H20ClN3O2S/c1-14-7-12-18(13-15(14)2)25-22(29)19-5-3-4-6-20(19)26-23(30)27-21(28)16-8-10-17(24)11-9-16/h3-13H,1-2H3,(H,25,29)(H2,26,27,28,30). The minimum Gasteiger partial charge on any atom is -0.332 e. The van der Waals surface area contributed by atoms with E-state index in [2.05, 4.69) is 16.0 Å². The average Bonchev–Trinajstić information content (AvgIpc) is 2.71. The number of para-hydroxylation sites is 1. The van der Waals surface area contributed by atoms with Crippen LogP contribution in [0.25, 0.3) is 0 Å². The highest BCUT2D eigenvalue weighted by Gasteiger charge is 2.14. The summed E-state index contributed by atoms with van der Waals surface area (Å²) in [6.45, 7) is 4.00. The molecule has 3 rings (SSSR count). The summed E-state index contributed by atoms with van der Waals surface area (Å²) in [5.41, 5.74) is 4.25. The van der Waals surface area contributed by atoms with Gasteiger partial charge in [-0.2, -0.15) is 0 Å². The lowest BCUT2D eigenvalue weighted by Crippen LogP contribution is -2.34. The van der Waals surface area contributed by atoms with Crippen molar-refractivity contribution >= 4 is 52.1 Å². The number of carbonyl (C=O) groups excluding carboxylic acids is 2. The van der Waals surface area contributed by atoms with Crippen LogP contribution in [0.15, 0.2) is 66.7 Å². The van der Waals surface area contributed by atoms with Crippen molar-refractivity contribution in [2.75, 3.05) is 10.6 Å². The quantitative estimate of drug-likeness (QED) is 0.482. The Morgan fingerprint density at radius 3 is 2.23 bits per heavy atom. The smallest absolute Gasteiger partial charge is 0.257 e. The molecular formula is C23H20ClN3O2S. The molecule has 0 fully saturated rings. The van der Waals surface area contributed by atoms with Gasteiger partial charge in [0.05, 0.1) is 11.3 Å². The van der Waals surface area contributed by atoms with E-state index in [1.807, 2.05) is 32.0 Å². The third kappa shape index (κ3) is 5.43. The zero-order valence-electron chi connectivity index (χ0n) is 16.5. The number of benzene rings is 3. The number of nitrogens with one attached hydrogen (secondary N) is 3. The van der Waals surface area contributed by atoms with Gasteiger partial charge in [-0.05, 0) is 85.7 Å². The van der Waals surface area contributed by atoms with Crippen molar-refractivity contribution in [1.82, 2.24) is 5.32 Å². The molecule has 0 atom stereocenters. The zero-order valence-corrected chi connectivity index (χ0v) is 18.0. The summed E-state index contributed by atoms with van der Waals surface area (Å²) in [4.78, 5) is 25.1. The number of rotatable bonds is 4. The predicted molar refractivity (Wildman–Crippen MR) is 125 cm³/mol. The van der Waals surface area contributed by atoms with Crippen LogP contribution in [0.5, 0.6) is 0 Å². The highest BCUT2D eigenvalue weighted by molar-refractivity contribution is 7.80. The van der Waals surface area contributed by atoms with Gasteiger partial charge < -0.3 is 10.6 Å². The van der Waals surface area contributed by atoms with Crippen molar-refractivity contribution in [2.24, 2.45) is 0 Å². The Hall–Kier alpha value is -3.22. The Morgan fingerprint density at radius 1 is 0.833 bits per heavy atom. The largest absolute Gasteiger partial charge is 0.332 e. The summed E-state index contributed by atoms with van der Waals surface area (Å²) in [6.07, 6.45) is 0. The van der Waals surface area contributed by atoms with Crippen LogP contribution in [0.1, 0.15) is 31.8 Å². The number of aryl methyl sites for hydroxylation is 2. The van der Waals surface area contributed by atoms with E-state index in [0.717, 1.165) is 11.1 Å². The summed E-state index contributed by atoms with van der Waals surface area (Å²) in [7, 11) is 0. The van der Waals surface area contributed by atoms with Gasteiger partial charge in [0.25, 0.3) is 11.8 Å². The Morgan fingerprint density at radius 2 is 1.53 bits per heavy atom. The molecule has 3 aromatic carbocycles. The second-order valence-electron chi connectivity index (χ2n) is 6.71. The maximum absolute atomic E-state index is 12.8. The molecule has 3 aromatic rings. The molecule has 5 nitrogen and oxygen atoms in total. The average molecular weight is 438 g/mol. The maximum Gasteiger partial charge on any atom is 0.257 e. The third-order valence-electron chi connectivity index (χ3n) is 4.52. The predicted octanol–water partition coefficient (Wildman–Crippen LogP) is 5.34. The molecule has 0 bridgehead atoms. The normalized spacial score (nSPS) is 10.2. The van der Waals surface area contributed by atoms with Crippen molar-refractivity contribution in [2.45, 2.75) is 13.8 Å². The van der Waals surface area contributed by atoms with E-state index in [9.17, 15) is 9.59 Å². The van der Waals surface area contributed by atoms with E-state index in [-0.39, 0.29) is 16.9 Å². The van der Waals surface area contributed by atoms with Crippen LogP contribution >= 0.6 is 23.8 Å². The lowest BCUT2D eigenvalue weighted by Gasteiger charge is -2.14. The van der Waals surface area contributed by atoms with Gasteiger partial charge in [0, 0.05) is 16.3 Å². The Labute approximate surface area is 185 Å². The molecule has 0 saturated heterocycles. The van der Waals surface area contributed by atoms with Gasteiger partial charge in [0.2, 0.25) is 0 Å². The molecule has 7 heteroatoms. The molecule has 0 heterocycles. The molecule has 0 radical (unpaired) electrons. The van der Waals surface area contributed by atoms with E-state index in [1.165, 1.54) is 0 Å². The number of amides is 2. The van der Waals surface area contributed by atoms with Crippen LogP contribution in [0.4, 0.5) is 11.4 Å². The summed E-state index contributed by atoms with van der Waals surface area (Å²) < 4.78 is 0. The van der Waals surface area contributed by atoms with Gasteiger partial charge in [-0.15, -0.1) is 0 Å². The third-order valence-corrected chi connectivity index (χ3v) is 4.97. The fourth-order valence-corrected chi connectivity index (χ4v) is 3.07. The van der Waals surface area contributed by atoms with Crippen LogP contribution < -0.4 is 16.0 Å². The summed E-state index contributed by atoms with van der Waals surface area (Å²) in [5.74, 6) is -0.658. The molecule has 0 aromatic heterocycles. The van der Waals surface area contributed by atoms with Gasteiger partial charge in [-0.3, -0.25) is 14.9 Å². The van der Waals surface area contributed by atoms with E-state index in [4.69, 9.17) is 23.8 Å². The lowest BCUT2D eigenvalue weighted by atomic mass is 10.1. The molecule has 0 saturated carbocycles. The number of hydrogen-bond donors (Lipinski definition) is 3. The fourth-order valence-electron chi connectivity index (χ4n) is 2.74. The van der Waals surface area contributed by atoms with E-state index in [1.54, 1.807) is 48.5 Å². The maximum atomic E-state index is 12.8. The van der Waals surface area contributed by atoms with Crippen molar-refractivity contribution in [3.63, 3.8) is 0 Å². The highest BCUT2D eigenvalue weighted by atomic mass is 35.5. The zero-order chi connectivity index (χ0) is 21.7. The lowest BCUT2D eigenvalue weighted by molar-refractivity contribution is 0.0976. The monoisotopic (exact) mass is 437 g/mol.